The Balaban J connectivity index is 1.43. The van der Waals surface area contributed by atoms with Crippen molar-refractivity contribution in [1.29, 1.82) is 0 Å². The van der Waals surface area contributed by atoms with Crippen molar-refractivity contribution in [2.45, 2.75) is 64.0 Å². The van der Waals surface area contributed by atoms with E-state index in [1.54, 1.807) is 0 Å². The molecule has 150 valence electrons. The Morgan fingerprint density at radius 3 is 2.57 bits per heavy atom. The Labute approximate surface area is 173 Å². The van der Waals surface area contributed by atoms with E-state index in [9.17, 15) is 4.79 Å². The Hall–Kier alpha value is -1.70. The fourth-order valence-corrected chi connectivity index (χ4v) is 6.95. The van der Waals surface area contributed by atoms with Gasteiger partial charge in [-0.3, -0.25) is 9.48 Å². The molecule has 8 heteroatoms. The molecule has 4 aliphatic rings. The van der Waals surface area contributed by atoms with Crippen LogP contribution in [0.1, 0.15) is 62.7 Å². The SMILES string of the molecule is Cc1nn(C)cc1C(C)NC(=O)C12CC3CC(C1)CC(n1cnc(Br)n1)(C3)C2. The number of carbonyl (C=O) groups excluding carboxylic acids is 1. The summed E-state index contributed by atoms with van der Waals surface area (Å²) in [5.74, 6) is 1.41. The van der Waals surface area contributed by atoms with Crippen LogP contribution in [-0.2, 0) is 17.4 Å². The third-order valence-corrected chi connectivity index (χ3v) is 7.69. The quantitative estimate of drug-likeness (QED) is 0.781. The number of rotatable bonds is 4. The van der Waals surface area contributed by atoms with Gasteiger partial charge in [-0.2, -0.15) is 5.10 Å². The maximum Gasteiger partial charge on any atom is 0.226 e. The van der Waals surface area contributed by atoms with Gasteiger partial charge in [-0.25, -0.2) is 9.67 Å². The minimum atomic E-state index is -0.285. The number of aromatic nitrogens is 5. The summed E-state index contributed by atoms with van der Waals surface area (Å²) in [6.07, 6.45) is 10.2. The molecule has 0 aliphatic heterocycles. The van der Waals surface area contributed by atoms with E-state index in [4.69, 9.17) is 0 Å². The zero-order valence-corrected chi connectivity index (χ0v) is 18.2. The van der Waals surface area contributed by atoms with E-state index in [0.717, 1.165) is 43.4 Å². The molecule has 1 N–H and O–H groups in total. The van der Waals surface area contributed by atoms with Gasteiger partial charge in [0.15, 0.2) is 0 Å². The molecule has 4 bridgehead atoms. The van der Waals surface area contributed by atoms with E-state index in [2.05, 4.69) is 43.4 Å². The van der Waals surface area contributed by atoms with Crippen molar-refractivity contribution >= 4 is 21.8 Å². The number of carbonyl (C=O) groups is 1. The van der Waals surface area contributed by atoms with E-state index < -0.39 is 0 Å². The van der Waals surface area contributed by atoms with E-state index >= 15 is 0 Å². The first kappa shape index (κ1) is 18.3. The monoisotopic (exact) mass is 446 g/mol. The predicted molar refractivity (Wildman–Crippen MR) is 107 cm³/mol. The highest BCUT2D eigenvalue weighted by atomic mass is 79.9. The molecule has 3 unspecified atom stereocenters. The molecule has 0 saturated heterocycles. The third kappa shape index (κ3) is 2.75. The molecule has 0 radical (unpaired) electrons. The smallest absolute Gasteiger partial charge is 0.226 e. The Kier molecular flexibility index (Phi) is 4.03. The molecule has 0 spiro atoms. The number of nitrogens with one attached hydrogen (secondary N) is 1. The number of halogens is 1. The fraction of sp³-hybridized carbons (Fsp3) is 0.700. The van der Waals surface area contributed by atoms with Gasteiger partial charge in [0.25, 0.3) is 0 Å². The summed E-state index contributed by atoms with van der Waals surface area (Å²) < 4.78 is 4.49. The van der Waals surface area contributed by atoms with Crippen molar-refractivity contribution in [3.8, 4) is 0 Å². The first-order valence-corrected chi connectivity index (χ1v) is 11.0. The number of amides is 1. The third-order valence-electron chi connectivity index (χ3n) is 7.33. The highest BCUT2D eigenvalue weighted by Crippen LogP contribution is 2.64. The van der Waals surface area contributed by atoms with Crippen LogP contribution in [0.4, 0.5) is 0 Å². The summed E-state index contributed by atoms with van der Waals surface area (Å²) in [7, 11) is 1.92. The van der Waals surface area contributed by atoms with E-state index in [0.29, 0.717) is 16.6 Å². The predicted octanol–water partition coefficient (Wildman–Crippen LogP) is 3.26. The van der Waals surface area contributed by atoms with Crippen LogP contribution in [-0.4, -0.2) is 30.5 Å². The van der Waals surface area contributed by atoms with Gasteiger partial charge >= 0.3 is 0 Å². The van der Waals surface area contributed by atoms with Crippen molar-refractivity contribution in [2.75, 3.05) is 0 Å². The topological polar surface area (TPSA) is 77.6 Å². The maximum absolute atomic E-state index is 13.6. The number of hydrogen-bond donors (Lipinski definition) is 1. The summed E-state index contributed by atoms with van der Waals surface area (Å²) >= 11 is 3.39. The van der Waals surface area contributed by atoms with Crippen molar-refractivity contribution in [3.63, 3.8) is 0 Å². The molecule has 4 aliphatic carbocycles. The molecule has 28 heavy (non-hydrogen) atoms. The van der Waals surface area contributed by atoms with Crippen molar-refractivity contribution in [3.05, 3.63) is 28.5 Å². The van der Waals surface area contributed by atoms with Gasteiger partial charge in [-0.05, 0) is 80.1 Å². The zero-order valence-electron chi connectivity index (χ0n) is 16.7. The molecule has 6 rings (SSSR count). The second kappa shape index (κ2) is 6.15. The fourth-order valence-electron chi connectivity index (χ4n) is 6.69. The lowest BCUT2D eigenvalue weighted by molar-refractivity contribution is -0.156. The Morgan fingerprint density at radius 2 is 2.00 bits per heavy atom. The van der Waals surface area contributed by atoms with Gasteiger partial charge in [0, 0.05) is 18.8 Å². The van der Waals surface area contributed by atoms with E-state index in [1.807, 2.05) is 35.9 Å². The minimum Gasteiger partial charge on any atom is -0.349 e. The van der Waals surface area contributed by atoms with Crippen LogP contribution in [0.25, 0.3) is 0 Å². The lowest BCUT2D eigenvalue weighted by Crippen LogP contribution is -2.61. The lowest BCUT2D eigenvalue weighted by atomic mass is 9.46. The van der Waals surface area contributed by atoms with Crippen LogP contribution in [0, 0.1) is 24.2 Å². The van der Waals surface area contributed by atoms with Crippen LogP contribution < -0.4 is 5.32 Å². The normalized spacial score (nSPS) is 34.6. The van der Waals surface area contributed by atoms with Gasteiger partial charge in [-0.15, -0.1) is 5.10 Å². The van der Waals surface area contributed by atoms with Gasteiger partial charge in [0.2, 0.25) is 10.6 Å². The molecular formula is C20H27BrN6O. The van der Waals surface area contributed by atoms with Crippen molar-refractivity contribution < 1.29 is 4.79 Å². The average Bonchev–Trinajstić information content (AvgIpc) is 3.19. The second-order valence-corrected chi connectivity index (χ2v) is 10.2. The first-order valence-electron chi connectivity index (χ1n) is 10.2. The highest BCUT2D eigenvalue weighted by Gasteiger charge is 2.61. The summed E-state index contributed by atoms with van der Waals surface area (Å²) in [6.45, 7) is 4.06. The van der Waals surface area contributed by atoms with Crippen molar-refractivity contribution in [2.24, 2.45) is 24.3 Å². The van der Waals surface area contributed by atoms with Gasteiger partial charge in [0.1, 0.15) is 6.33 Å². The van der Waals surface area contributed by atoms with E-state index in [-0.39, 0.29) is 22.9 Å². The molecule has 4 fully saturated rings. The van der Waals surface area contributed by atoms with Crippen LogP contribution >= 0.6 is 15.9 Å². The van der Waals surface area contributed by atoms with Gasteiger partial charge < -0.3 is 5.32 Å². The molecule has 4 saturated carbocycles. The zero-order chi connectivity index (χ0) is 19.7. The largest absolute Gasteiger partial charge is 0.349 e. The standard InChI is InChI=1S/C20H27BrN6O/c1-12(16-9-26(3)24-13(16)2)23-17(28)19-5-14-4-15(6-19)8-20(7-14,10-19)27-11-22-18(21)25-27/h9,11-12,14-15H,4-8,10H2,1-3H3,(H,23,28). The lowest BCUT2D eigenvalue weighted by Gasteiger charge is -2.61. The minimum absolute atomic E-state index is 0.0364. The van der Waals surface area contributed by atoms with Crippen LogP contribution in [0.2, 0.25) is 0 Å². The van der Waals surface area contributed by atoms with Gasteiger partial charge in [-0.1, -0.05) is 0 Å². The second-order valence-electron chi connectivity index (χ2n) is 9.46. The number of aryl methyl sites for hydroxylation is 2. The Morgan fingerprint density at radius 1 is 1.29 bits per heavy atom. The molecule has 7 nitrogen and oxygen atoms in total. The Bertz CT molecular complexity index is 919. The molecule has 2 heterocycles. The average molecular weight is 447 g/mol. The molecular weight excluding hydrogens is 420 g/mol. The van der Waals surface area contributed by atoms with Crippen LogP contribution in [0.3, 0.4) is 0 Å². The maximum atomic E-state index is 13.6. The molecule has 0 aromatic carbocycles. The molecule has 3 atom stereocenters. The van der Waals surface area contributed by atoms with E-state index in [1.165, 1.54) is 6.42 Å². The molecule has 2 aromatic rings. The van der Waals surface area contributed by atoms with Crippen LogP contribution in [0.5, 0.6) is 0 Å². The first-order chi connectivity index (χ1) is 13.3. The summed E-state index contributed by atoms with van der Waals surface area (Å²) in [5, 5.41) is 12.4. The number of nitrogens with zero attached hydrogens (tertiary/aromatic N) is 5. The summed E-state index contributed by atoms with van der Waals surface area (Å²) in [6, 6.07) is -0.0364. The highest BCUT2D eigenvalue weighted by molar-refractivity contribution is 9.10. The van der Waals surface area contributed by atoms with Gasteiger partial charge in [0.05, 0.1) is 22.7 Å². The van der Waals surface area contributed by atoms with Crippen molar-refractivity contribution in [1.82, 2.24) is 29.9 Å². The molecule has 2 aromatic heterocycles. The molecule has 1 amide bonds. The summed E-state index contributed by atoms with van der Waals surface area (Å²) in [4.78, 5) is 17.9. The number of hydrogen-bond acceptors (Lipinski definition) is 4. The van der Waals surface area contributed by atoms with Crippen LogP contribution in [0.15, 0.2) is 17.3 Å². The summed E-state index contributed by atoms with van der Waals surface area (Å²) in [5.41, 5.74) is 1.72.